The summed E-state index contributed by atoms with van der Waals surface area (Å²) >= 11 is 1.70. The molecule has 0 spiro atoms. The smallest absolute Gasteiger partial charge is 0.0948 e. The summed E-state index contributed by atoms with van der Waals surface area (Å²) in [6, 6.07) is 24.5. The van der Waals surface area contributed by atoms with Crippen LogP contribution in [0.15, 0.2) is 72.8 Å². The highest BCUT2D eigenvalue weighted by Crippen LogP contribution is 2.31. The van der Waals surface area contributed by atoms with Crippen molar-refractivity contribution in [2.75, 3.05) is 10.6 Å². The molecule has 0 saturated heterocycles. The van der Waals surface area contributed by atoms with Crippen LogP contribution in [-0.4, -0.2) is 0 Å². The fourth-order valence-corrected chi connectivity index (χ4v) is 2.65. The molecule has 0 fully saturated rings. The normalized spacial score (nSPS) is 10.1. The second-order valence-corrected chi connectivity index (χ2v) is 5.23. The van der Waals surface area contributed by atoms with Gasteiger partial charge in [0, 0.05) is 11.4 Å². The van der Waals surface area contributed by atoms with Crippen LogP contribution in [0.5, 0.6) is 0 Å². The van der Waals surface area contributed by atoms with Crippen molar-refractivity contribution in [2.45, 2.75) is 0 Å². The highest BCUT2D eigenvalue weighted by atomic mass is 32.1. The number of anilines is 4. The van der Waals surface area contributed by atoms with Crippen molar-refractivity contribution in [3.05, 3.63) is 72.8 Å². The molecule has 0 unspecified atom stereocenters. The van der Waals surface area contributed by atoms with Gasteiger partial charge in [-0.05, 0) is 36.4 Å². The molecule has 19 heavy (non-hydrogen) atoms. The van der Waals surface area contributed by atoms with Crippen LogP contribution in [0.4, 0.5) is 21.4 Å². The molecule has 94 valence electrons. The van der Waals surface area contributed by atoms with Gasteiger partial charge in [0.25, 0.3) is 0 Å². The molecule has 0 aliphatic rings. The first-order valence-corrected chi connectivity index (χ1v) is 6.96. The first kappa shape index (κ1) is 11.8. The third-order valence-corrected chi connectivity index (χ3v) is 3.60. The Hall–Kier alpha value is -2.26. The molecule has 0 atom stereocenters. The first-order valence-electron chi connectivity index (χ1n) is 6.14. The summed E-state index contributed by atoms with van der Waals surface area (Å²) < 4.78 is 0. The number of hydrogen-bond donors (Lipinski definition) is 2. The molecule has 2 aromatic carbocycles. The standard InChI is InChI=1S/C16H14N2S/c1-3-7-13(8-4-1)17-15-11-12-16(19-15)18-14-9-5-2-6-10-14/h1-12,17-18H. The van der Waals surface area contributed by atoms with Gasteiger partial charge in [-0.3, -0.25) is 0 Å². The molecule has 0 saturated carbocycles. The molecule has 0 aliphatic heterocycles. The van der Waals surface area contributed by atoms with Gasteiger partial charge in [0.2, 0.25) is 0 Å². The Labute approximate surface area is 116 Å². The summed E-state index contributed by atoms with van der Waals surface area (Å²) in [5.41, 5.74) is 2.21. The Morgan fingerprint density at radius 1 is 0.526 bits per heavy atom. The summed E-state index contributed by atoms with van der Waals surface area (Å²) in [5, 5.41) is 9.04. The van der Waals surface area contributed by atoms with Gasteiger partial charge in [0.1, 0.15) is 0 Å². The SMILES string of the molecule is c1ccc(Nc2ccc(Nc3ccccc3)s2)cc1. The average Bonchev–Trinajstić information content (AvgIpc) is 2.88. The maximum atomic E-state index is 3.39. The number of thiophene rings is 1. The Balaban J connectivity index is 1.70. The van der Waals surface area contributed by atoms with E-state index < -0.39 is 0 Å². The van der Waals surface area contributed by atoms with Gasteiger partial charge in [-0.15, -0.1) is 11.3 Å². The van der Waals surface area contributed by atoms with E-state index in [0.29, 0.717) is 0 Å². The van der Waals surface area contributed by atoms with E-state index in [4.69, 9.17) is 0 Å². The third-order valence-electron chi connectivity index (χ3n) is 2.69. The monoisotopic (exact) mass is 266 g/mol. The molecule has 0 radical (unpaired) electrons. The van der Waals surface area contributed by atoms with Gasteiger partial charge >= 0.3 is 0 Å². The Morgan fingerprint density at radius 3 is 1.37 bits per heavy atom. The molecule has 0 amide bonds. The second kappa shape index (κ2) is 5.59. The Morgan fingerprint density at radius 2 is 0.947 bits per heavy atom. The van der Waals surface area contributed by atoms with Gasteiger partial charge in [-0.2, -0.15) is 0 Å². The van der Waals surface area contributed by atoms with Crippen LogP contribution in [0, 0.1) is 0 Å². The van der Waals surface area contributed by atoms with E-state index in [1.807, 2.05) is 36.4 Å². The minimum absolute atomic E-state index is 1.11. The van der Waals surface area contributed by atoms with Crippen LogP contribution in [0.3, 0.4) is 0 Å². The van der Waals surface area contributed by atoms with Crippen LogP contribution in [0.2, 0.25) is 0 Å². The zero-order valence-corrected chi connectivity index (χ0v) is 11.2. The number of para-hydroxylation sites is 2. The fraction of sp³-hybridized carbons (Fsp3) is 0. The molecule has 1 aromatic heterocycles. The lowest BCUT2D eigenvalue weighted by Gasteiger charge is -2.03. The second-order valence-electron chi connectivity index (χ2n) is 4.15. The van der Waals surface area contributed by atoms with Crippen LogP contribution in [0.25, 0.3) is 0 Å². The number of rotatable bonds is 4. The number of nitrogens with one attached hydrogen (secondary N) is 2. The van der Waals surface area contributed by atoms with Gasteiger partial charge in [0.15, 0.2) is 0 Å². The van der Waals surface area contributed by atoms with Crippen molar-refractivity contribution in [3.63, 3.8) is 0 Å². The summed E-state index contributed by atoms with van der Waals surface area (Å²) in [6.45, 7) is 0. The molecule has 3 aromatic rings. The topological polar surface area (TPSA) is 24.1 Å². The molecular formula is C16H14N2S. The Bertz CT molecular complexity index is 576. The maximum Gasteiger partial charge on any atom is 0.0948 e. The van der Waals surface area contributed by atoms with E-state index >= 15 is 0 Å². The van der Waals surface area contributed by atoms with Gasteiger partial charge in [-0.1, -0.05) is 36.4 Å². The van der Waals surface area contributed by atoms with Crippen molar-refractivity contribution in [1.29, 1.82) is 0 Å². The average molecular weight is 266 g/mol. The lowest BCUT2D eigenvalue weighted by Crippen LogP contribution is -1.86. The third kappa shape index (κ3) is 3.14. The minimum atomic E-state index is 1.11. The summed E-state index contributed by atoms with van der Waals surface area (Å²) in [6.07, 6.45) is 0. The van der Waals surface area contributed by atoms with E-state index in [9.17, 15) is 0 Å². The van der Waals surface area contributed by atoms with Crippen molar-refractivity contribution >= 4 is 32.7 Å². The predicted molar refractivity (Wildman–Crippen MR) is 83.8 cm³/mol. The molecule has 0 aliphatic carbocycles. The zero-order valence-electron chi connectivity index (χ0n) is 10.3. The van der Waals surface area contributed by atoms with E-state index in [1.54, 1.807) is 11.3 Å². The van der Waals surface area contributed by atoms with E-state index in [-0.39, 0.29) is 0 Å². The largest absolute Gasteiger partial charge is 0.347 e. The summed E-state index contributed by atoms with van der Waals surface area (Å²) in [4.78, 5) is 0. The highest BCUT2D eigenvalue weighted by molar-refractivity contribution is 7.20. The van der Waals surface area contributed by atoms with Crippen LogP contribution in [-0.2, 0) is 0 Å². The van der Waals surface area contributed by atoms with Crippen LogP contribution in [0.1, 0.15) is 0 Å². The lowest BCUT2D eigenvalue weighted by molar-refractivity contribution is 1.60. The van der Waals surface area contributed by atoms with Crippen LogP contribution >= 0.6 is 11.3 Å². The van der Waals surface area contributed by atoms with Gasteiger partial charge < -0.3 is 10.6 Å². The number of benzene rings is 2. The lowest BCUT2D eigenvalue weighted by atomic mass is 10.3. The maximum absolute atomic E-state index is 3.39. The fourth-order valence-electron chi connectivity index (χ4n) is 1.80. The molecule has 2 nitrogen and oxygen atoms in total. The van der Waals surface area contributed by atoms with Crippen molar-refractivity contribution in [2.24, 2.45) is 0 Å². The van der Waals surface area contributed by atoms with Crippen molar-refractivity contribution in [3.8, 4) is 0 Å². The first-order chi connectivity index (χ1) is 9.40. The molecule has 1 heterocycles. The van der Waals surface area contributed by atoms with Crippen molar-refractivity contribution < 1.29 is 0 Å². The molecule has 3 heteroatoms. The number of hydrogen-bond acceptors (Lipinski definition) is 3. The molecule has 2 N–H and O–H groups in total. The van der Waals surface area contributed by atoms with E-state index in [0.717, 1.165) is 21.4 Å². The molecule has 0 bridgehead atoms. The quantitative estimate of drug-likeness (QED) is 0.675. The van der Waals surface area contributed by atoms with E-state index in [1.165, 1.54) is 0 Å². The zero-order chi connectivity index (χ0) is 12.9. The van der Waals surface area contributed by atoms with Crippen LogP contribution < -0.4 is 10.6 Å². The minimum Gasteiger partial charge on any atom is -0.347 e. The van der Waals surface area contributed by atoms with Gasteiger partial charge in [0.05, 0.1) is 10.0 Å². The van der Waals surface area contributed by atoms with Crippen molar-refractivity contribution in [1.82, 2.24) is 0 Å². The summed E-state index contributed by atoms with van der Waals surface area (Å²) in [5.74, 6) is 0. The predicted octanol–water partition coefficient (Wildman–Crippen LogP) is 5.24. The van der Waals surface area contributed by atoms with Gasteiger partial charge in [-0.25, -0.2) is 0 Å². The highest BCUT2D eigenvalue weighted by Gasteiger charge is 2.00. The Kier molecular flexibility index (Phi) is 3.47. The molecular weight excluding hydrogens is 252 g/mol. The van der Waals surface area contributed by atoms with E-state index in [2.05, 4.69) is 47.0 Å². The molecule has 3 rings (SSSR count). The summed E-state index contributed by atoms with van der Waals surface area (Å²) in [7, 11) is 0.